The standard InChI is InChI=1S/C14H16F3NO2/c1-9(19)20-12-5-6-18-13(8-12)10-3-2-4-11(7-10)14(15,16)17/h2-4,7,12-13,18H,5-6,8H2,1H3. The Balaban J connectivity index is 2.13. The van der Waals surface area contributed by atoms with Crippen molar-refractivity contribution in [3.05, 3.63) is 35.4 Å². The number of ether oxygens (including phenoxy) is 1. The van der Waals surface area contributed by atoms with Crippen molar-refractivity contribution in [1.82, 2.24) is 5.32 Å². The van der Waals surface area contributed by atoms with Crippen molar-refractivity contribution in [1.29, 1.82) is 0 Å². The second-order valence-electron chi connectivity index (χ2n) is 4.89. The Hall–Kier alpha value is -1.56. The monoisotopic (exact) mass is 287 g/mol. The maximum atomic E-state index is 12.7. The fraction of sp³-hybridized carbons (Fsp3) is 0.500. The molecule has 20 heavy (non-hydrogen) atoms. The van der Waals surface area contributed by atoms with Crippen molar-refractivity contribution >= 4 is 5.97 Å². The molecule has 3 nitrogen and oxygen atoms in total. The summed E-state index contributed by atoms with van der Waals surface area (Å²) in [6, 6.07) is 5.03. The summed E-state index contributed by atoms with van der Waals surface area (Å²) in [5, 5.41) is 3.16. The Morgan fingerprint density at radius 1 is 1.40 bits per heavy atom. The Bertz CT molecular complexity index is 488. The molecule has 0 aliphatic carbocycles. The number of esters is 1. The molecule has 2 atom stereocenters. The van der Waals surface area contributed by atoms with Crippen LogP contribution in [0.4, 0.5) is 13.2 Å². The van der Waals surface area contributed by atoms with Crippen molar-refractivity contribution in [2.75, 3.05) is 6.54 Å². The Morgan fingerprint density at radius 3 is 2.80 bits per heavy atom. The highest BCUT2D eigenvalue weighted by atomic mass is 19.4. The summed E-state index contributed by atoms with van der Waals surface area (Å²) in [7, 11) is 0. The summed E-state index contributed by atoms with van der Waals surface area (Å²) < 4.78 is 43.2. The fourth-order valence-corrected chi connectivity index (χ4v) is 2.41. The first-order valence-electron chi connectivity index (χ1n) is 6.44. The predicted octanol–water partition coefficient (Wildman–Crippen LogP) is 3.06. The molecular weight excluding hydrogens is 271 g/mol. The van der Waals surface area contributed by atoms with Gasteiger partial charge in [-0.15, -0.1) is 0 Å². The van der Waals surface area contributed by atoms with Crippen LogP contribution in [0.15, 0.2) is 24.3 Å². The predicted molar refractivity (Wildman–Crippen MR) is 67.0 cm³/mol. The maximum Gasteiger partial charge on any atom is 0.416 e. The SMILES string of the molecule is CC(=O)OC1CCNC(c2cccc(C(F)(F)F)c2)C1. The van der Waals surface area contributed by atoms with Crippen molar-refractivity contribution in [3.8, 4) is 0 Å². The highest BCUT2D eigenvalue weighted by molar-refractivity contribution is 5.66. The van der Waals surface area contributed by atoms with Gasteiger partial charge in [0, 0.05) is 19.4 Å². The van der Waals surface area contributed by atoms with Gasteiger partial charge in [0.15, 0.2) is 0 Å². The van der Waals surface area contributed by atoms with Gasteiger partial charge in [-0.05, 0) is 30.7 Å². The molecule has 1 aromatic carbocycles. The lowest BCUT2D eigenvalue weighted by molar-refractivity contribution is -0.148. The van der Waals surface area contributed by atoms with E-state index in [0.29, 0.717) is 24.9 Å². The third-order valence-corrected chi connectivity index (χ3v) is 3.30. The van der Waals surface area contributed by atoms with Crippen LogP contribution in [0.1, 0.15) is 36.9 Å². The number of hydrogen-bond donors (Lipinski definition) is 1. The van der Waals surface area contributed by atoms with Crippen LogP contribution in [0.25, 0.3) is 0 Å². The molecule has 1 aromatic rings. The van der Waals surface area contributed by atoms with Gasteiger partial charge in [-0.2, -0.15) is 13.2 Å². The molecule has 0 amide bonds. The summed E-state index contributed by atoms with van der Waals surface area (Å²) in [4.78, 5) is 10.9. The van der Waals surface area contributed by atoms with Gasteiger partial charge < -0.3 is 10.1 Å². The molecule has 0 saturated carbocycles. The minimum atomic E-state index is -4.35. The van der Waals surface area contributed by atoms with Gasteiger partial charge in [-0.25, -0.2) is 0 Å². The number of hydrogen-bond acceptors (Lipinski definition) is 3. The van der Waals surface area contributed by atoms with Gasteiger partial charge in [0.1, 0.15) is 6.10 Å². The summed E-state index contributed by atoms with van der Waals surface area (Å²) in [5.74, 6) is -0.361. The van der Waals surface area contributed by atoms with E-state index in [-0.39, 0.29) is 18.1 Å². The number of nitrogens with one attached hydrogen (secondary N) is 1. The number of benzene rings is 1. The van der Waals surface area contributed by atoms with E-state index in [1.54, 1.807) is 6.07 Å². The van der Waals surface area contributed by atoms with Gasteiger partial charge in [0.25, 0.3) is 0 Å². The van der Waals surface area contributed by atoms with Crippen molar-refractivity contribution in [2.45, 2.75) is 38.1 Å². The minimum Gasteiger partial charge on any atom is -0.462 e. The van der Waals surface area contributed by atoms with Crippen LogP contribution >= 0.6 is 0 Å². The zero-order valence-electron chi connectivity index (χ0n) is 11.0. The van der Waals surface area contributed by atoms with Gasteiger partial charge in [0.05, 0.1) is 5.56 Å². The van der Waals surface area contributed by atoms with Gasteiger partial charge in [0.2, 0.25) is 0 Å². The molecule has 2 unspecified atom stereocenters. The lowest BCUT2D eigenvalue weighted by atomic mass is 9.94. The Kier molecular flexibility index (Phi) is 4.32. The quantitative estimate of drug-likeness (QED) is 0.850. The maximum absolute atomic E-state index is 12.7. The van der Waals surface area contributed by atoms with E-state index in [1.165, 1.54) is 13.0 Å². The van der Waals surface area contributed by atoms with Crippen LogP contribution in [0.5, 0.6) is 0 Å². The molecule has 1 aliphatic heterocycles. The molecule has 0 aromatic heterocycles. The van der Waals surface area contributed by atoms with E-state index < -0.39 is 11.7 Å². The first-order chi connectivity index (χ1) is 9.36. The van der Waals surface area contributed by atoms with Crippen LogP contribution in [-0.4, -0.2) is 18.6 Å². The molecule has 1 N–H and O–H groups in total. The van der Waals surface area contributed by atoms with E-state index in [4.69, 9.17) is 4.74 Å². The smallest absolute Gasteiger partial charge is 0.416 e. The van der Waals surface area contributed by atoms with E-state index in [2.05, 4.69) is 5.32 Å². The number of piperidine rings is 1. The lowest BCUT2D eigenvalue weighted by Crippen LogP contribution is -2.36. The number of rotatable bonds is 2. The summed E-state index contributed by atoms with van der Waals surface area (Å²) in [6.45, 7) is 1.94. The largest absolute Gasteiger partial charge is 0.462 e. The van der Waals surface area contributed by atoms with Crippen LogP contribution in [0.2, 0.25) is 0 Å². The topological polar surface area (TPSA) is 38.3 Å². The minimum absolute atomic E-state index is 0.226. The molecule has 2 rings (SSSR count). The highest BCUT2D eigenvalue weighted by Gasteiger charge is 2.32. The van der Waals surface area contributed by atoms with Crippen molar-refractivity contribution < 1.29 is 22.7 Å². The first-order valence-corrected chi connectivity index (χ1v) is 6.44. The van der Waals surface area contributed by atoms with E-state index >= 15 is 0 Å². The second-order valence-corrected chi connectivity index (χ2v) is 4.89. The van der Waals surface area contributed by atoms with E-state index in [9.17, 15) is 18.0 Å². The summed E-state index contributed by atoms with van der Waals surface area (Å²) in [6.07, 6.45) is -3.43. The average Bonchev–Trinajstić information content (AvgIpc) is 2.37. The summed E-state index contributed by atoms with van der Waals surface area (Å²) >= 11 is 0. The normalized spacial score (nSPS) is 23.4. The number of alkyl halides is 3. The zero-order valence-corrected chi connectivity index (χ0v) is 11.0. The van der Waals surface area contributed by atoms with Crippen molar-refractivity contribution in [3.63, 3.8) is 0 Å². The Morgan fingerprint density at radius 2 is 2.15 bits per heavy atom. The van der Waals surface area contributed by atoms with E-state index in [0.717, 1.165) is 12.1 Å². The van der Waals surface area contributed by atoms with Crippen LogP contribution in [0, 0.1) is 0 Å². The molecule has 1 fully saturated rings. The number of carbonyl (C=O) groups is 1. The second kappa shape index (κ2) is 5.83. The van der Waals surface area contributed by atoms with Crippen molar-refractivity contribution in [2.24, 2.45) is 0 Å². The summed E-state index contributed by atoms with van der Waals surface area (Å²) in [5.41, 5.74) is -0.0944. The van der Waals surface area contributed by atoms with Gasteiger partial charge in [-0.1, -0.05) is 12.1 Å². The highest BCUT2D eigenvalue weighted by Crippen LogP contribution is 2.32. The molecule has 0 bridgehead atoms. The van der Waals surface area contributed by atoms with E-state index in [1.807, 2.05) is 0 Å². The number of carbonyl (C=O) groups excluding carboxylic acids is 1. The molecule has 0 radical (unpaired) electrons. The van der Waals surface area contributed by atoms with Crippen LogP contribution in [0.3, 0.4) is 0 Å². The molecule has 6 heteroatoms. The zero-order chi connectivity index (χ0) is 14.8. The number of halogens is 3. The first kappa shape index (κ1) is 14.8. The lowest BCUT2D eigenvalue weighted by Gasteiger charge is -2.30. The van der Waals surface area contributed by atoms with Crippen LogP contribution < -0.4 is 5.32 Å². The third-order valence-electron chi connectivity index (χ3n) is 3.30. The fourth-order valence-electron chi connectivity index (χ4n) is 2.41. The van der Waals surface area contributed by atoms with Crippen LogP contribution in [-0.2, 0) is 15.7 Å². The average molecular weight is 287 g/mol. The molecule has 1 aliphatic rings. The molecule has 110 valence electrons. The van der Waals surface area contributed by atoms with Gasteiger partial charge in [-0.3, -0.25) is 4.79 Å². The molecule has 1 heterocycles. The Labute approximate surface area is 115 Å². The molecule has 0 spiro atoms. The molecular formula is C14H16F3NO2. The van der Waals surface area contributed by atoms with Gasteiger partial charge >= 0.3 is 12.1 Å². The third kappa shape index (κ3) is 3.72. The molecule has 1 saturated heterocycles.